The molecule has 1 aromatic carbocycles. The second-order valence-corrected chi connectivity index (χ2v) is 13.6. The van der Waals surface area contributed by atoms with Crippen molar-refractivity contribution in [2.45, 2.75) is 93.0 Å². The van der Waals surface area contributed by atoms with Crippen LogP contribution in [0.1, 0.15) is 68.7 Å². The predicted octanol–water partition coefficient (Wildman–Crippen LogP) is 5.53. The minimum absolute atomic E-state index is 0.0427. The van der Waals surface area contributed by atoms with Crippen molar-refractivity contribution in [1.82, 2.24) is 18.7 Å². The van der Waals surface area contributed by atoms with Crippen LogP contribution < -0.4 is 0 Å². The Morgan fingerprint density at radius 3 is 2.50 bits per heavy atom. The molecule has 0 N–H and O–H groups in total. The Labute approximate surface area is 243 Å². The number of nitrogens with zero attached hydrogens (tertiary/aromatic N) is 4. The lowest BCUT2D eigenvalue weighted by atomic mass is 9.87. The van der Waals surface area contributed by atoms with Crippen LogP contribution in [0.4, 0.5) is 22.0 Å². The van der Waals surface area contributed by atoms with Gasteiger partial charge in [-0.15, -0.1) is 0 Å². The highest BCUT2D eigenvalue weighted by Crippen LogP contribution is 2.38. The zero-order valence-corrected chi connectivity index (χ0v) is 24.4. The summed E-state index contributed by atoms with van der Waals surface area (Å²) in [7, 11) is -2.56. The Bertz CT molecular complexity index is 1370. The maximum Gasteiger partial charge on any atom is 0.416 e. The normalized spacial score (nSPS) is 25.6. The molecule has 1 saturated carbocycles. The number of carbonyl (C=O) groups is 1. The maximum atomic E-state index is 13.7. The molecule has 3 aliphatic rings. The molecule has 0 bridgehead atoms. The van der Waals surface area contributed by atoms with Crippen LogP contribution in [0.25, 0.3) is 0 Å². The van der Waals surface area contributed by atoms with Crippen molar-refractivity contribution >= 4 is 15.9 Å². The molecule has 42 heavy (non-hydrogen) atoms. The summed E-state index contributed by atoms with van der Waals surface area (Å²) < 4.78 is 97.8. The molecule has 3 atom stereocenters. The van der Waals surface area contributed by atoms with E-state index in [0.717, 1.165) is 37.5 Å². The molecule has 2 aromatic rings. The van der Waals surface area contributed by atoms with Gasteiger partial charge >= 0.3 is 6.18 Å². The lowest BCUT2D eigenvalue weighted by Crippen LogP contribution is -2.50. The summed E-state index contributed by atoms with van der Waals surface area (Å²) in [5, 5.41) is 0. The Morgan fingerprint density at radius 2 is 1.79 bits per heavy atom. The van der Waals surface area contributed by atoms with Gasteiger partial charge in [0, 0.05) is 76.5 Å². The summed E-state index contributed by atoms with van der Waals surface area (Å²) in [5.41, 5.74) is -0.353. The summed E-state index contributed by atoms with van der Waals surface area (Å²) in [6.45, 7) is 1.10. The average molecular weight is 617 g/mol. The number of aromatic nitrogens is 1. The highest BCUT2D eigenvalue weighted by molar-refractivity contribution is 7.89. The van der Waals surface area contributed by atoms with E-state index in [1.165, 1.54) is 4.31 Å². The van der Waals surface area contributed by atoms with Crippen molar-refractivity contribution in [2.24, 2.45) is 0 Å². The smallest absolute Gasteiger partial charge is 0.349 e. The second-order valence-electron chi connectivity index (χ2n) is 11.7. The van der Waals surface area contributed by atoms with Crippen molar-refractivity contribution in [1.29, 1.82) is 0 Å². The van der Waals surface area contributed by atoms with Gasteiger partial charge in [-0.25, -0.2) is 17.2 Å². The third-order valence-corrected chi connectivity index (χ3v) is 11.0. The van der Waals surface area contributed by atoms with Gasteiger partial charge in [-0.1, -0.05) is 6.07 Å². The van der Waals surface area contributed by atoms with E-state index in [2.05, 4.69) is 4.90 Å². The minimum Gasteiger partial charge on any atom is -0.349 e. The zero-order chi connectivity index (χ0) is 30.3. The summed E-state index contributed by atoms with van der Waals surface area (Å²) in [6, 6.07) is 6.68. The Morgan fingerprint density at radius 1 is 1.05 bits per heavy atom. The molecule has 3 heterocycles. The molecule has 5 rings (SSSR count). The Kier molecular flexibility index (Phi) is 8.75. The quantitative estimate of drug-likeness (QED) is 0.384. The van der Waals surface area contributed by atoms with E-state index in [4.69, 9.17) is 0 Å². The molecule has 0 spiro atoms. The zero-order valence-electron chi connectivity index (χ0n) is 23.6. The third-order valence-electron chi connectivity index (χ3n) is 9.12. The highest BCUT2D eigenvalue weighted by atomic mass is 32.2. The first-order valence-electron chi connectivity index (χ1n) is 14.5. The molecular formula is C29H37F5N4O3S. The Balaban J connectivity index is 1.28. The molecule has 0 radical (unpaired) electrons. The molecular weight excluding hydrogens is 579 g/mol. The molecule has 1 aliphatic carbocycles. The van der Waals surface area contributed by atoms with Crippen LogP contribution in [-0.4, -0.2) is 77.7 Å². The van der Waals surface area contributed by atoms with Crippen LogP contribution in [0, 0.1) is 0 Å². The van der Waals surface area contributed by atoms with E-state index in [9.17, 15) is 35.2 Å². The van der Waals surface area contributed by atoms with Crippen molar-refractivity contribution in [3.8, 4) is 0 Å². The standard InChI is InChI=1S/C29H37F5N4O3S/c1-35(22-6-3-7-23(20-22)36-15-12-28(30,31)13-16-36)27(39)11-10-26-25-9-4-14-37(25)17-18-38(26)42(40,41)24-8-2-5-21(19-24)29(32,33)34/h2,4-5,8-9,14,19,22-23,26H,3,6-7,10-13,15-18,20H2,1H3/t22-,23+,26?/m1/s1. The fourth-order valence-electron chi connectivity index (χ4n) is 6.67. The van der Waals surface area contributed by atoms with Crippen LogP contribution in [0.5, 0.6) is 0 Å². The monoisotopic (exact) mass is 616 g/mol. The van der Waals surface area contributed by atoms with Crippen LogP contribution in [0.15, 0.2) is 47.5 Å². The number of piperidine rings is 1. The first-order chi connectivity index (χ1) is 19.8. The van der Waals surface area contributed by atoms with Gasteiger partial charge in [0.05, 0.1) is 16.5 Å². The van der Waals surface area contributed by atoms with E-state index in [-0.39, 0.29) is 50.2 Å². The number of sulfonamides is 1. The number of halogens is 5. The van der Waals surface area contributed by atoms with Gasteiger partial charge in [-0.2, -0.15) is 17.5 Å². The lowest BCUT2D eigenvalue weighted by Gasteiger charge is -2.43. The highest BCUT2D eigenvalue weighted by Gasteiger charge is 2.40. The van der Waals surface area contributed by atoms with E-state index in [1.54, 1.807) is 24.1 Å². The molecule has 2 aliphatic heterocycles. The fourth-order valence-corrected chi connectivity index (χ4v) is 8.34. The van der Waals surface area contributed by atoms with E-state index in [1.807, 2.05) is 10.8 Å². The number of benzene rings is 1. The van der Waals surface area contributed by atoms with Gasteiger partial charge in [0.1, 0.15) is 0 Å². The first-order valence-corrected chi connectivity index (χ1v) is 15.9. The number of carbonyl (C=O) groups excluding carboxylic acids is 1. The number of amides is 1. The van der Waals surface area contributed by atoms with Crippen LogP contribution in [0.3, 0.4) is 0 Å². The van der Waals surface area contributed by atoms with Gasteiger partial charge in [0.15, 0.2) is 0 Å². The number of fused-ring (bicyclic) bond motifs is 1. The van der Waals surface area contributed by atoms with Crippen LogP contribution in [0.2, 0.25) is 0 Å². The van der Waals surface area contributed by atoms with Gasteiger partial charge in [-0.05, 0) is 62.4 Å². The predicted molar refractivity (Wildman–Crippen MR) is 146 cm³/mol. The summed E-state index contributed by atoms with van der Waals surface area (Å²) in [6.07, 6.45) is 0.378. The van der Waals surface area contributed by atoms with Gasteiger partial charge < -0.3 is 9.47 Å². The topological polar surface area (TPSA) is 65.9 Å². The molecule has 1 unspecified atom stereocenters. The number of hydrogen-bond donors (Lipinski definition) is 0. The number of likely N-dealkylation sites (tertiary alicyclic amines) is 1. The van der Waals surface area contributed by atoms with Gasteiger partial charge in [0.2, 0.25) is 15.9 Å². The minimum atomic E-state index is -4.68. The van der Waals surface area contributed by atoms with Gasteiger partial charge in [0.25, 0.3) is 5.92 Å². The molecule has 1 saturated heterocycles. The number of rotatable bonds is 7. The van der Waals surface area contributed by atoms with Crippen molar-refractivity contribution in [3.63, 3.8) is 0 Å². The lowest BCUT2D eigenvalue weighted by molar-refractivity contribution is -0.137. The maximum absolute atomic E-state index is 13.7. The molecule has 2 fully saturated rings. The van der Waals surface area contributed by atoms with Crippen LogP contribution in [-0.2, 0) is 27.5 Å². The molecule has 1 amide bonds. The van der Waals surface area contributed by atoms with Gasteiger partial charge in [-0.3, -0.25) is 9.69 Å². The van der Waals surface area contributed by atoms with Crippen molar-refractivity contribution < 1.29 is 35.2 Å². The molecule has 1 aromatic heterocycles. The molecule has 7 nitrogen and oxygen atoms in total. The SMILES string of the molecule is CN(C(=O)CCC1c2cccn2CCN1S(=O)(=O)c1cccc(C(F)(F)F)c1)[C@@H]1CCC[C@H](N2CCC(F)(F)CC2)C1. The van der Waals surface area contributed by atoms with E-state index < -0.39 is 38.6 Å². The summed E-state index contributed by atoms with van der Waals surface area (Å²) >= 11 is 0. The van der Waals surface area contributed by atoms with Crippen molar-refractivity contribution in [3.05, 3.63) is 53.9 Å². The molecule has 232 valence electrons. The number of alkyl halides is 5. The fraction of sp³-hybridized carbons (Fsp3) is 0.621. The average Bonchev–Trinajstić information content (AvgIpc) is 3.44. The Hall–Kier alpha value is -2.51. The third kappa shape index (κ3) is 6.52. The van der Waals surface area contributed by atoms with E-state index >= 15 is 0 Å². The van der Waals surface area contributed by atoms with Crippen LogP contribution >= 0.6 is 0 Å². The number of hydrogen-bond acceptors (Lipinski definition) is 4. The first kappa shape index (κ1) is 30.9. The second kappa shape index (κ2) is 11.9. The summed E-state index contributed by atoms with van der Waals surface area (Å²) in [4.78, 5) is 16.8. The largest absolute Gasteiger partial charge is 0.416 e. The molecule has 13 heteroatoms. The van der Waals surface area contributed by atoms with E-state index in [0.29, 0.717) is 37.8 Å². The van der Waals surface area contributed by atoms with Crippen molar-refractivity contribution in [2.75, 3.05) is 26.7 Å². The summed E-state index contributed by atoms with van der Waals surface area (Å²) in [5.74, 6) is -2.76.